The molecular formula is C14H13N3O. The van der Waals surface area contributed by atoms with E-state index in [-0.39, 0.29) is 5.91 Å². The van der Waals surface area contributed by atoms with Crippen molar-refractivity contribution >= 4 is 11.6 Å². The van der Waals surface area contributed by atoms with E-state index in [4.69, 9.17) is 5.26 Å². The van der Waals surface area contributed by atoms with Gasteiger partial charge >= 0.3 is 0 Å². The highest BCUT2D eigenvalue weighted by Gasteiger charge is 2.08. The summed E-state index contributed by atoms with van der Waals surface area (Å²) < 4.78 is 0. The number of H-pyrrole nitrogens is 1. The molecule has 0 aliphatic heterocycles. The highest BCUT2D eigenvalue weighted by Crippen LogP contribution is 2.11. The van der Waals surface area contributed by atoms with Crippen LogP contribution >= 0.6 is 0 Å². The lowest BCUT2D eigenvalue weighted by molar-refractivity contribution is 0.102. The predicted octanol–water partition coefficient (Wildman–Crippen LogP) is 2.70. The Balaban J connectivity index is 2.08. The van der Waals surface area contributed by atoms with Crippen LogP contribution in [-0.4, -0.2) is 10.9 Å². The van der Waals surface area contributed by atoms with E-state index in [2.05, 4.69) is 17.2 Å². The molecule has 0 aliphatic rings. The smallest absolute Gasteiger partial charge is 0.272 e. The molecule has 1 aromatic carbocycles. The molecule has 2 N–H and O–H groups in total. The first-order valence-corrected chi connectivity index (χ1v) is 5.72. The zero-order chi connectivity index (χ0) is 13.0. The van der Waals surface area contributed by atoms with Gasteiger partial charge in [0.2, 0.25) is 0 Å². The van der Waals surface area contributed by atoms with Crippen molar-refractivity contribution in [2.75, 3.05) is 5.32 Å². The number of anilines is 1. The van der Waals surface area contributed by atoms with Crippen molar-refractivity contribution in [3.05, 3.63) is 53.3 Å². The first kappa shape index (κ1) is 11.9. The van der Waals surface area contributed by atoms with Crippen LogP contribution in [0.1, 0.15) is 28.7 Å². The van der Waals surface area contributed by atoms with Gasteiger partial charge in [-0.15, -0.1) is 0 Å². The molecule has 90 valence electrons. The first-order chi connectivity index (χ1) is 8.72. The van der Waals surface area contributed by atoms with Gasteiger partial charge in [0.15, 0.2) is 0 Å². The van der Waals surface area contributed by atoms with Crippen molar-refractivity contribution < 1.29 is 4.79 Å². The molecule has 4 heteroatoms. The Morgan fingerprint density at radius 2 is 2.00 bits per heavy atom. The van der Waals surface area contributed by atoms with Crippen LogP contribution < -0.4 is 5.32 Å². The zero-order valence-corrected chi connectivity index (χ0v) is 10.0. The van der Waals surface area contributed by atoms with E-state index in [1.165, 1.54) is 5.56 Å². The molecule has 0 atom stereocenters. The molecule has 2 rings (SSSR count). The summed E-state index contributed by atoms with van der Waals surface area (Å²) in [4.78, 5) is 14.6. The van der Waals surface area contributed by atoms with Crippen molar-refractivity contribution in [2.24, 2.45) is 0 Å². The number of hydrogen-bond acceptors (Lipinski definition) is 2. The summed E-state index contributed by atoms with van der Waals surface area (Å²) in [6.07, 6.45) is 0.969. The molecule has 4 nitrogen and oxygen atoms in total. The lowest BCUT2D eigenvalue weighted by Crippen LogP contribution is -2.12. The van der Waals surface area contributed by atoms with E-state index >= 15 is 0 Å². The van der Waals surface area contributed by atoms with Crippen molar-refractivity contribution in [3.63, 3.8) is 0 Å². The minimum Gasteiger partial charge on any atom is -0.342 e. The number of nitrogens with zero attached hydrogens (tertiary/aromatic N) is 1. The van der Waals surface area contributed by atoms with Crippen molar-refractivity contribution in [2.45, 2.75) is 13.3 Å². The molecular weight excluding hydrogens is 226 g/mol. The van der Waals surface area contributed by atoms with Gasteiger partial charge in [-0.2, -0.15) is 5.26 Å². The highest BCUT2D eigenvalue weighted by molar-refractivity contribution is 6.03. The molecule has 0 unspecified atom stereocenters. The van der Waals surface area contributed by atoms with E-state index in [1.54, 1.807) is 12.1 Å². The number of nitriles is 1. The summed E-state index contributed by atoms with van der Waals surface area (Å²) in [5.41, 5.74) is 2.72. The summed E-state index contributed by atoms with van der Waals surface area (Å²) in [6.45, 7) is 2.08. The van der Waals surface area contributed by atoms with Crippen LogP contribution in [-0.2, 0) is 6.42 Å². The van der Waals surface area contributed by atoms with Crippen LogP contribution in [0.15, 0.2) is 36.4 Å². The number of amides is 1. The summed E-state index contributed by atoms with van der Waals surface area (Å²) in [6, 6.07) is 12.8. The number of carbonyl (C=O) groups excluding carboxylic acids is 1. The number of rotatable bonds is 3. The number of hydrogen-bond donors (Lipinski definition) is 2. The molecule has 0 fully saturated rings. The second kappa shape index (κ2) is 5.19. The Morgan fingerprint density at radius 1 is 1.28 bits per heavy atom. The van der Waals surface area contributed by atoms with Crippen molar-refractivity contribution in [1.82, 2.24) is 4.98 Å². The van der Waals surface area contributed by atoms with Gasteiger partial charge in [-0.1, -0.05) is 19.1 Å². The Bertz CT molecular complexity index is 590. The quantitative estimate of drug-likeness (QED) is 0.864. The number of carbonyl (C=O) groups is 1. The normalized spacial score (nSPS) is 9.78. The van der Waals surface area contributed by atoms with Crippen LogP contribution in [0.25, 0.3) is 0 Å². The summed E-state index contributed by atoms with van der Waals surface area (Å²) in [5.74, 6) is -0.249. The van der Waals surface area contributed by atoms with Crippen molar-refractivity contribution in [1.29, 1.82) is 5.26 Å². The third-order valence-electron chi connectivity index (χ3n) is 2.67. The van der Waals surface area contributed by atoms with Gasteiger partial charge in [-0.05, 0) is 36.2 Å². The minimum atomic E-state index is -0.249. The van der Waals surface area contributed by atoms with E-state index < -0.39 is 0 Å². The zero-order valence-electron chi connectivity index (χ0n) is 10.0. The van der Waals surface area contributed by atoms with Gasteiger partial charge in [0, 0.05) is 5.69 Å². The molecule has 0 bridgehead atoms. The van der Waals surface area contributed by atoms with E-state index in [0.29, 0.717) is 11.4 Å². The topological polar surface area (TPSA) is 68.7 Å². The first-order valence-electron chi connectivity index (χ1n) is 5.72. The fraction of sp³-hybridized carbons (Fsp3) is 0.143. The summed E-state index contributed by atoms with van der Waals surface area (Å²) in [7, 11) is 0. The second-order valence-corrected chi connectivity index (χ2v) is 3.90. The van der Waals surface area contributed by atoms with Crippen LogP contribution in [0.4, 0.5) is 5.69 Å². The maximum Gasteiger partial charge on any atom is 0.272 e. The summed E-state index contributed by atoms with van der Waals surface area (Å²) >= 11 is 0. The van der Waals surface area contributed by atoms with Crippen LogP contribution in [0.3, 0.4) is 0 Å². The third-order valence-corrected chi connectivity index (χ3v) is 2.67. The molecule has 0 saturated carbocycles. The largest absolute Gasteiger partial charge is 0.342 e. The van der Waals surface area contributed by atoms with Crippen LogP contribution in [0.2, 0.25) is 0 Å². The van der Waals surface area contributed by atoms with Gasteiger partial charge < -0.3 is 10.3 Å². The molecule has 0 saturated heterocycles. The average Bonchev–Trinajstić information content (AvgIpc) is 2.88. The number of benzene rings is 1. The Hall–Kier alpha value is -2.54. The molecule has 0 aliphatic carbocycles. The monoisotopic (exact) mass is 239 g/mol. The highest BCUT2D eigenvalue weighted by atomic mass is 16.1. The number of nitrogens with one attached hydrogen (secondary N) is 2. The standard InChI is InChI=1S/C14H13N3O/c1-2-10-3-5-11(6-4-10)17-14(18)13-8-7-12(9-15)16-13/h3-8,16H,2H2,1H3,(H,17,18). The van der Waals surface area contributed by atoms with Gasteiger partial charge in [-0.25, -0.2) is 0 Å². The SMILES string of the molecule is CCc1ccc(NC(=O)c2ccc(C#N)[nH]2)cc1. The fourth-order valence-corrected chi connectivity index (χ4v) is 1.61. The molecule has 1 aromatic heterocycles. The fourth-order valence-electron chi connectivity index (χ4n) is 1.61. The third kappa shape index (κ3) is 2.58. The van der Waals surface area contributed by atoms with Crippen molar-refractivity contribution in [3.8, 4) is 6.07 Å². The molecule has 2 aromatic rings. The predicted molar refractivity (Wildman–Crippen MR) is 69.3 cm³/mol. The van der Waals surface area contributed by atoms with Crippen LogP contribution in [0.5, 0.6) is 0 Å². The van der Waals surface area contributed by atoms with E-state index in [0.717, 1.165) is 12.1 Å². The molecule has 0 radical (unpaired) electrons. The van der Waals surface area contributed by atoms with Gasteiger partial charge in [0.25, 0.3) is 5.91 Å². The number of aromatic amines is 1. The maximum atomic E-state index is 11.8. The maximum absolute atomic E-state index is 11.8. The average molecular weight is 239 g/mol. The second-order valence-electron chi connectivity index (χ2n) is 3.90. The molecule has 1 amide bonds. The number of aryl methyl sites for hydroxylation is 1. The molecule has 1 heterocycles. The van der Waals surface area contributed by atoms with Gasteiger partial charge in [0.05, 0.1) is 0 Å². The Morgan fingerprint density at radius 3 is 2.56 bits per heavy atom. The van der Waals surface area contributed by atoms with E-state index in [9.17, 15) is 4.79 Å². The minimum absolute atomic E-state index is 0.249. The van der Waals surface area contributed by atoms with E-state index in [1.807, 2.05) is 30.3 Å². The number of aromatic nitrogens is 1. The molecule has 18 heavy (non-hydrogen) atoms. The summed E-state index contributed by atoms with van der Waals surface area (Å²) in [5, 5.41) is 11.4. The van der Waals surface area contributed by atoms with Crippen LogP contribution in [0, 0.1) is 11.3 Å². The lowest BCUT2D eigenvalue weighted by atomic mass is 10.1. The van der Waals surface area contributed by atoms with Gasteiger partial charge in [-0.3, -0.25) is 4.79 Å². The Labute approximate surface area is 105 Å². The van der Waals surface area contributed by atoms with Gasteiger partial charge in [0.1, 0.15) is 17.5 Å². The Kier molecular flexibility index (Phi) is 3.44. The lowest BCUT2D eigenvalue weighted by Gasteiger charge is -2.04. The molecule has 0 spiro atoms.